The molecule has 3 amide bonds. The first-order valence-corrected chi connectivity index (χ1v) is 8.94. The third kappa shape index (κ3) is 3.78. The highest BCUT2D eigenvalue weighted by Crippen LogP contribution is 2.24. The molecule has 1 heterocycles. The second-order valence-electron chi connectivity index (χ2n) is 6.41. The average Bonchev–Trinajstić information content (AvgIpc) is 2.97. The van der Waals surface area contributed by atoms with E-state index in [-0.39, 0.29) is 11.1 Å². The Morgan fingerprint density at radius 3 is 2.11 bits per heavy atom. The first-order valence-electron chi connectivity index (χ1n) is 8.94. The molecule has 7 nitrogen and oxygen atoms in total. The molecule has 3 rings (SSSR count). The Morgan fingerprint density at radius 1 is 1.00 bits per heavy atom. The molecule has 2 aromatic rings. The van der Waals surface area contributed by atoms with Gasteiger partial charge in [0.05, 0.1) is 11.1 Å². The van der Waals surface area contributed by atoms with Crippen molar-refractivity contribution in [2.24, 2.45) is 0 Å². The van der Waals surface area contributed by atoms with Crippen LogP contribution in [0.5, 0.6) is 0 Å². The van der Waals surface area contributed by atoms with Crippen molar-refractivity contribution in [1.29, 1.82) is 0 Å². The van der Waals surface area contributed by atoms with Crippen molar-refractivity contribution in [3.05, 3.63) is 65.2 Å². The minimum Gasteiger partial charge on any atom is -0.454 e. The van der Waals surface area contributed by atoms with Gasteiger partial charge in [-0.15, -0.1) is 0 Å². The number of carbonyl (C=O) groups excluding carboxylic acids is 4. The number of rotatable bonds is 6. The van der Waals surface area contributed by atoms with Crippen molar-refractivity contribution in [3.63, 3.8) is 0 Å². The fourth-order valence-corrected chi connectivity index (χ4v) is 2.94. The minimum absolute atomic E-state index is 0.250. The van der Waals surface area contributed by atoms with E-state index in [9.17, 15) is 19.2 Å². The number of aryl methyl sites for hydroxylation is 1. The van der Waals surface area contributed by atoms with Crippen molar-refractivity contribution >= 4 is 29.4 Å². The lowest BCUT2D eigenvalue weighted by atomic mass is 10.1. The number of hydrogen-bond donors (Lipinski definition) is 1. The number of carbonyl (C=O) groups is 4. The second-order valence-corrected chi connectivity index (χ2v) is 6.41. The standard InChI is InChI=1S/C21H20N2O5/c1-3-14-8-10-15(11-9-14)22-18(24)12-28-21(27)13(2)23-19(25)16-6-4-5-7-17(16)20(23)26/h4-11,13H,3,12H2,1-2H3,(H,22,24)/t13-/m1/s1. The highest BCUT2D eigenvalue weighted by molar-refractivity contribution is 6.22. The largest absolute Gasteiger partial charge is 0.454 e. The Kier molecular flexibility index (Phi) is 5.54. The smallest absolute Gasteiger partial charge is 0.329 e. The Bertz CT molecular complexity index is 901. The summed E-state index contributed by atoms with van der Waals surface area (Å²) in [4.78, 5) is 49.9. The number of imide groups is 1. The topological polar surface area (TPSA) is 92.8 Å². The molecule has 0 radical (unpaired) electrons. The number of benzene rings is 2. The van der Waals surface area contributed by atoms with Gasteiger partial charge in [-0.1, -0.05) is 31.2 Å². The van der Waals surface area contributed by atoms with Crippen LogP contribution in [0.15, 0.2) is 48.5 Å². The number of ether oxygens (including phenoxy) is 1. The van der Waals surface area contributed by atoms with Crippen molar-refractivity contribution < 1.29 is 23.9 Å². The van der Waals surface area contributed by atoms with Crippen LogP contribution in [0.25, 0.3) is 0 Å². The summed E-state index contributed by atoms with van der Waals surface area (Å²) in [5.74, 6) is -2.44. The number of fused-ring (bicyclic) bond motifs is 1. The van der Waals surface area contributed by atoms with Crippen LogP contribution >= 0.6 is 0 Å². The Morgan fingerprint density at radius 2 is 1.57 bits per heavy atom. The summed E-state index contributed by atoms with van der Waals surface area (Å²) >= 11 is 0. The van der Waals surface area contributed by atoms with Crippen LogP contribution in [0.1, 0.15) is 40.1 Å². The van der Waals surface area contributed by atoms with E-state index in [1.807, 2.05) is 19.1 Å². The zero-order valence-corrected chi connectivity index (χ0v) is 15.6. The Labute approximate surface area is 162 Å². The summed E-state index contributed by atoms with van der Waals surface area (Å²) in [5, 5.41) is 2.63. The fourth-order valence-electron chi connectivity index (χ4n) is 2.94. The highest BCUT2D eigenvalue weighted by atomic mass is 16.5. The third-order valence-electron chi connectivity index (χ3n) is 4.55. The van der Waals surface area contributed by atoms with E-state index in [2.05, 4.69) is 5.32 Å². The lowest BCUT2D eigenvalue weighted by molar-refractivity contribution is -0.150. The summed E-state index contributed by atoms with van der Waals surface area (Å²) in [6, 6.07) is 12.5. The normalized spacial score (nSPS) is 13.9. The number of amides is 3. The van der Waals surface area contributed by atoms with Crippen LogP contribution in [0.2, 0.25) is 0 Å². The first-order chi connectivity index (χ1) is 13.4. The van der Waals surface area contributed by atoms with Crippen molar-refractivity contribution in [2.75, 3.05) is 11.9 Å². The summed E-state index contributed by atoms with van der Waals surface area (Å²) in [7, 11) is 0. The molecule has 144 valence electrons. The summed E-state index contributed by atoms with van der Waals surface area (Å²) in [5.41, 5.74) is 2.23. The van der Waals surface area contributed by atoms with Gasteiger partial charge >= 0.3 is 5.97 Å². The Balaban J connectivity index is 1.56. The van der Waals surface area contributed by atoms with E-state index >= 15 is 0 Å². The predicted molar refractivity (Wildman–Crippen MR) is 102 cm³/mol. The van der Waals surface area contributed by atoms with E-state index in [0.717, 1.165) is 16.9 Å². The van der Waals surface area contributed by atoms with E-state index in [1.54, 1.807) is 24.3 Å². The molecular formula is C21H20N2O5. The van der Waals surface area contributed by atoms with Crippen molar-refractivity contribution in [3.8, 4) is 0 Å². The molecule has 0 aromatic heterocycles. The molecule has 1 atom stereocenters. The van der Waals surface area contributed by atoms with Crippen LogP contribution < -0.4 is 5.32 Å². The summed E-state index contributed by atoms with van der Waals surface area (Å²) < 4.78 is 4.99. The molecule has 1 aliphatic heterocycles. The molecule has 0 aliphatic carbocycles. The highest BCUT2D eigenvalue weighted by Gasteiger charge is 2.41. The third-order valence-corrected chi connectivity index (χ3v) is 4.55. The molecule has 0 saturated carbocycles. The molecule has 1 N–H and O–H groups in total. The summed E-state index contributed by atoms with van der Waals surface area (Å²) in [6.45, 7) is 2.91. The summed E-state index contributed by atoms with van der Waals surface area (Å²) in [6.07, 6.45) is 0.890. The van der Waals surface area contributed by atoms with Gasteiger partial charge in [-0.25, -0.2) is 4.79 Å². The van der Waals surface area contributed by atoms with Gasteiger partial charge in [0.2, 0.25) is 0 Å². The zero-order chi connectivity index (χ0) is 20.3. The van der Waals surface area contributed by atoms with Gasteiger partial charge in [0, 0.05) is 5.69 Å². The molecule has 0 unspecified atom stereocenters. The Hall–Kier alpha value is -3.48. The molecule has 1 aliphatic rings. The van der Waals surface area contributed by atoms with E-state index in [4.69, 9.17) is 4.74 Å². The van der Waals surface area contributed by atoms with Gasteiger partial charge < -0.3 is 10.1 Å². The minimum atomic E-state index is -1.14. The molecular weight excluding hydrogens is 360 g/mol. The van der Waals surface area contributed by atoms with E-state index in [0.29, 0.717) is 5.69 Å². The first kappa shape index (κ1) is 19.3. The van der Waals surface area contributed by atoms with Crippen LogP contribution in [0, 0.1) is 0 Å². The van der Waals surface area contributed by atoms with Gasteiger partial charge in [0.25, 0.3) is 17.7 Å². The van der Waals surface area contributed by atoms with Crippen LogP contribution in [0.3, 0.4) is 0 Å². The predicted octanol–water partition coefficient (Wildman–Crippen LogP) is 2.42. The van der Waals surface area contributed by atoms with Gasteiger partial charge in [-0.05, 0) is 43.2 Å². The van der Waals surface area contributed by atoms with Crippen LogP contribution in [-0.4, -0.2) is 41.2 Å². The monoisotopic (exact) mass is 380 g/mol. The molecule has 0 bridgehead atoms. The molecule has 28 heavy (non-hydrogen) atoms. The second kappa shape index (κ2) is 8.04. The quantitative estimate of drug-likeness (QED) is 0.614. The van der Waals surface area contributed by atoms with Crippen LogP contribution in [-0.2, 0) is 20.7 Å². The number of nitrogens with one attached hydrogen (secondary N) is 1. The lowest BCUT2D eigenvalue weighted by Gasteiger charge is -2.20. The molecule has 2 aromatic carbocycles. The van der Waals surface area contributed by atoms with Crippen LogP contribution in [0.4, 0.5) is 5.69 Å². The van der Waals surface area contributed by atoms with Gasteiger partial charge in [0.1, 0.15) is 6.04 Å². The van der Waals surface area contributed by atoms with Crippen molar-refractivity contribution in [1.82, 2.24) is 4.90 Å². The van der Waals surface area contributed by atoms with Gasteiger partial charge in [0.15, 0.2) is 6.61 Å². The number of esters is 1. The molecule has 0 spiro atoms. The maximum Gasteiger partial charge on any atom is 0.329 e. The SMILES string of the molecule is CCc1ccc(NC(=O)COC(=O)[C@@H](C)N2C(=O)c3ccccc3C2=O)cc1. The van der Waals surface area contributed by atoms with E-state index in [1.165, 1.54) is 19.1 Å². The molecule has 7 heteroatoms. The average molecular weight is 380 g/mol. The number of hydrogen-bond acceptors (Lipinski definition) is 5. The zero-order valence-electron chi connectivity index (χ0n) is 15.6. The number of anilines is 1. The lowest BCUT2D eigenvalue weighted by Crippen LogP contribution is -2.44. The van der Waals surface area contributed by atoms with Crippen molar-refractivity contribution in [2.45, 2.75) is 26.3 Å². The van der Waals surface area contributed by atoms with Gasteiger partial charge in [-0.3, -0.25) is 19.3 Å². The fraction of sp³-hybridized carbons (Fsp3) is 0.238. The maximum atomic E-state index is 12.4. The van der Waals surface area contributed by atoms with Gasteiger partial charge in [-0.2, -0.15) is 0 Å². The van der Waals surface area contributed by atoms with E-state index < -0.39 is 36.3 Å². The molecule has 0 fully saturated rings. The molecule has 0 saturated heterocycles. The number of nitrogens with zero attached hydrogens (tertiary/aromatic N) is 1. The maximum absolute atomic E-state index is 12.4.